The van der Waals surface area contributed by atoms with Gasteiger partial charge in [-0.05, 0) is 70.7 Å². The molecule has 0 aliphatic heterocycles. The maximum absolute atomic E-state index is 14.4. The van der Waals surface area contributed by atoms with Crippen LogP contribution in [0.25, 0.3) is 10.8 Å². The van der Waals surface area contributed by atoms with Crippen molar-refractivity contribution >= 4 is 10.8 Å². The molecular formula is C23H19F2N. The first kappa shape index (κ1) is 16.7. The van der Waals surface area contributed by atoms with E-state index in [2.05, 4.69) is 43.3 Å². The SMILES string of the molecule is CCc1ccc2cc(C3CCc4c(cc(F)c(C#N)c4F)C3)ccc2c1. The van der Waals surface area contributed by atoms with E-state index in [9.17, 15) is 8.78 Å². The molecule has 26 heavy (non-hydrogen) atoms. The normalized spacial score (nSPS) is 16.3. The number of nitriles is 1. The maximum Gasteiger partial charge on any atom is 0.147 e. The summed E-state index contributed by atoms with van der Waals surface area (Å²) in [4.78, 5) is 0. The molecule has 3 aromatic rings. The highest BCUT2D eigenvalue weighted by molar-refractivity contribution is 5.84. The van der Waals surface area contributed by atoms with Gasteiger partial charge in [0.1, 0.15) is 23.3 Å². The van der Waals surface area contributed by atoms with Crippen molar-refractivity contribution in [2.24, 2.45) is 0 Å². The Bertz CT molecular complexity index is 1050. The van der Waals surface area contributed by atoms with Gasteiger partial charge in [0.15, 0.2) is 0 Å². The number of hydrogen-bond donors (Lipinski definition) is 0. The predicted octanol–water partition coefficient (Wildman–Crippen LogP) is 5.82. The van der Waals surface area contributed by atoms with Gasteiger partial charge in [-0.15, -0.1) is 0 Å². The number of hydrogen-bond acceptors (Lipinski definition) is 1. The van der Waals surface area contributed by atoms with Crippen LogP contribution >= 0.6 is 0 Å². The second-order valence-corrected chi connectivity index (χ2v) is 7.03. The Labute approximate surface area is 151 Å². The number of fused-ring (bicyclic) bond motifs is 2. The van der Waals surface area contributed by atoms with Gasteiger partial charge in [-0.3, -0.25) is 0 Å². The summed E-state index contributed by atoms with van der Waals surface area (Å²) in [6, 6.07) is 16.0. The molecule has 0 amide bonds. The van der Waals surface area contributed by atoms with Crippen LogP contribution in [0.3, 0.4) is 0 Å². The number of aryl methyl sites for hydroxylation is 1. The molecule has 3 aromatic carbocycles. The molecule has 3 heteroatoms. The van der Waals surface area contributed by atoms with Gasteiger partial charge in [0.2, 0.25) is 0 Å². The molecule has 0 N–H and O–H groups in total. The van der Waals surface area contributed by atoms with Crippen molar-refractivity contribution in [3.8, 4) is 6.07 Å². The van der Waals surface area contributed by atoms with Crippen LogP contribution in [0.2, 0.25) is 0 Å². The minimum Gasteiger partial charge on any atom is -0.205 e. The lowest BCUT2D eigenvalue weighted by Gasteiger charge is -2.26. The number of nitrogens with zero attached hydrogens (tertiary/aromatic N) is 1. The Morgan fingerprint density at radius 2 is 1.85 bits per heavy atom. The molecule has 1 nitrogen and oxygen atoms in total. The third kappa shape index (κ3) is 2.76. The van der Waals surface area contributed by atoms with Gasteiger partial charge < -0.3 is 0 Å². The fraction of sp³-hybridized carbons (Fsp3) is 0.261. The van der Waals surface area contributed by atoms with E-state index >= 15 is 0 Å². The van der Waals surface area contributed by atoms with E-state index in [-0.39, 0.29) is 5.92 Å². The summed E-state index contributed by atoms with van der Waals surface area (Å²) in [7, 11) is 0. The zero-order valence-electron chi connectivity index (χ0n) is 14.7. The number of benzene rings is 3. The fourth-order valence-corrected chi connectivity index (χ4v) is 4.02. The van der Waals surface area contributed by atoms with Crippen molar-refractivity contribution in [2.45, 2.75) is 38.5 Å². The van der Waals surface area contributed by atoms with E-state index in [1.807, 2.05) is 0 Å². The van der Waals surface area contributed by atoms with Gasteiger partial charge in [-0.1, -0.05) is 43.3 Å². The van der Waals surface area contributed by atoms with Crippen LogP contribution in [0, 0.1) is 23.0 Å². The molecular weight excluding hydrogens is 328 g/mol. The van der Waals surface area contributed by atoms with Crippen molar-refractivity contribution in [1.82, 2.24) is 0 Å². The summed E-state index contributed by atoms with van der Waals surface area (Å²) in [6.45, 7) is 2.14. The van der Waals surface area contributed by atoms with Crippen molar-refractivity contribution in [2.75, 3.05) is 0 Å². The first-order valence-electron chi connectivity index (χ1n) is 9.03. The van der Waals surface area contributed by atoms with Crippen molar-refractivity contribution in [1.29, 1.82) is 5.26 Å². The second-order valence-electron chi connectivity index (χ2n) is 7.03. The van der Waals surface area contributed by atoms with Gasteiger partial charge in [-0.2, -0.15) is 5.26 Å². The lowest BCUT2D eigenvalue weighted by Crippen LogP contribution is -2.16. The highest BCUT2D eigenvalue weighted by Crippen LogP contribution is 2.36. The topological polar surface area (TPSA) is 23.8 Å². The molecule has 0 aromatic heterocycles. The summed E-state index contributed by atoms with van der Waals surface area (Å²) in [5.74, 6) is -1.19. The molecule has 1 unspecified atom stereocenters. The van der Waals surface area contributed by atoms with Crippen molar-refractivity contribution in [3.05, 3.63) is 81.9 Å². The van der Waals surface area contributed by atoms with Crippen LogP contribution in [0.4, 0.5) is 8.78 Å². The zero-order chi connectivity index (χ0) is 18.3. The average molecular weight is 347 g/mol. The minimum absolute atomic E-state index is 0.240. The monoisotopic (exact) mass is 347 g/mol. The standard InChI is InChI=1S/C23H19F2N/c1-2-14-3-4-16-10-17(6-5-15(16)9-14)18-7-8-20-19(11-18)12-22(24)21(13-26)23(20)25/h3-6,9-10,12,18H,2,7-8,11H2,1H3. The van der Waals surface area contributed by atoms with E-state index in [0.29, 0.717) is 24.0 Å². The van der Waals surface area contributed by atoms with Crippen molar-refractivity contribution < 1.29 is 8.78 Å². The highest BCUT2D eigenvalue weighted by Gasteiger charge is 2.26. The summed E-state index contributed by atoms with van der Waals surface area (Å²) in [5, 5.41) is 11.4. The highest BCUT2D eigenvalue weighted by atomic mass is 19.1. The lowest BCUT2D eigenvalue weighted by atomic mass is 9.79. The van der Waals surface area contributed by atoms with Crippen LogP contribution in [0.15, 0.2) is 42.5 Å². The Morgan fingerprint density at radius 3 is 2.62 bits per heavy atom. The summed E-state index contributed by atoms with van der Waals surface area (Å²) >= 11 is 0. The Morgan fingerprint density at radius 1 is 1.08 bits per heavy atom. The molecule has 0 heterocycles. The molecule has 0 saturated carbocycles. The lowest BCUT2D eigenvalue weighted by molar-refractivity contribution is 0.520. The van der Waals surface area contributed by atoms with E-state index in [1.54, 1.807) is 6.07 Å². The van der Waals surface area contributed by atoms with Crippen LogP contribution < -0.4 is 0 Å². The molecule has 130 valence electrons. The predicted molar refractivity (Wildman–Crippen MR) is 99.2 cm³/mol. The third-order valence-corrected chi connectivity index (χ3v) is 5.54. The van der Waals surface area contributed by atoms with E-state index in [4.69, 9.17) is 5.26 Å². The molecule has 0 spiro atoms. The summed E-state index contributed by atoms with van der Waals surface area (Å²) < 4.78 is 28.3. The second kappa shape index (κ2) is 6.53. The fourth-order valence-electron chi connectivity index (χ4n) is 4.02. The van der Waals surface area contributed by atoms with Gasteiger partial charge in [0, 0.05) is 0 Å². The van der Waals surface area contributed by atoms with Crippen molar-refractivity contribution in [3.63, 3.8) is 0 Å². The molecule has 0 fully saturated rings. The van der Waals surface area contributed by atoms with E-state index < -0.39 is 17.2 Å². The summed E-state index contributed by atoms with van der Waals surface area (Å²) in [6.07, 6.45) is 2.96. The average Bonchev–Trinajstić information content (AvgIpc) is 2.67. The van der Waals surface area contributed by atoms with E-state index in [0.717, 1.165) is 12.8 Å². The largest absolute Gasteiger partial charge is 0.205 e. The first-order chi connectivity index (χ1) is 12.6. The van der Waals surface area contributed by atoms with Crippen LogP contribution in [-0.4, -0.2) is 0 Å². The first-order valence-corrected chi connectivity index (χ1v) is 9.03. The van der Waals surface area contributed by atoms with E-state index in [1.165, 1.54) is 28.0 Å². The van der Waals surface area contributed by atoms with Gasteiger partial charge in [-0.25, -0.2) is 8.78 Å². The quantitative estimate of drug-likeness (QED) is 0.572. The molecule has 0 radical (unpaired) electrons. The molecule has 0 bridgehead atoms. The Balaban J connectivity index is 1.69. The summed E-state index contributed by atoms with van der Waals surface area (Å²) in [5.41, 5.74) is 3.26. The maximum atomic E-state index is 14.4. The number of halogens is 2. The third-order valence-electron chi connectivity index (χ3n) is 5.54. The molecule has 0 saturated heterocycles. The Kier molecular flexibility index (Phi) is 4.20. The smallest absolute Gasteiger partial charge is 0.147 e. The zero-order valence-corrected chi connectivity index (χ0v) is 14.7. The van der Waals surface area contributed by atoms with Gasteiger partial charge >= 0.3 is 0 Å². The minimum atomic E-state index is -0.755. The van der Waals surface area contributed by atoms with Crippen LogP contribution in [0.1, 0.15) is 47.1 Å². The molecule has 4 rings (SSSR count). The van der Waals surface area contributed by atoms with Crippen LogP contribution in [0.5, 0.6) is 0 Å². The van der Waals surface area contributed by atoms with Gasteiger partial charge in [0.05, 0.1) is 0 Å². The Hall–Kier alpha value is -2.73. The molecule has 1 aliphatic rings. The number of rotatable bonds is 2. The molecule has 1 aliphatic carbocycles. The van der Waals surface area contributed by atoms with Crippen LogP contribution in [-0.2, 0) is 19.3 Å². The molecule has 1 atom stereocenters. The van der Waals surface area contributed by atoms with Gasteiger partial charge in [0.25, 0.3) is 0 Å².